The number of likely N-dealkylation sites (tertiary alicyclic amines) is 1. The average molecular weight is 549 g/mol. The number of carbonyl (C=O) groups is 2. The lowest BCUT2D eigenvalue weighted by Gasteiger charge is -2.21. The van der Waals surface area contributed by atoms with Crippen molar-refractivity contribution >= 4 is 45.9 Å². The monoisotopic (exact) mass is 548 g/mol. The molecule has 0 bridgehead atoms. The van der Waals surface area contributed by atoms with Crippen LogP contribution in [-0.4, -0.2) is 84.4 Å². The Morgan fingerprint density at radius 3 is 2.84 bits per heavy atom. The molecular formula is C25H27ClFN5O6. The van der Waals surface area contributed by atoms with Crippen LogP contribution in [0.25, 0.3) is 10.9 Å². The van der Waals surface area contributed by atoms with Crippen molar-refractivity contribution in [1.82, 2.24) is 20.2 Å². The second kappa shape index (κ2) is 11.8. The van der Waals surface area contributed by atoms with Crippen LogP contribution in [0.15, 0.2) is 36.7 Å². The van der Waals surface area contributed by atoms with Crippen molar-refractivity contribution in [3.63, 3.8) is 0 Å². The van der Waals surface area contributed by atoms with Gasteiger partial charge < -0.3 is 30.0 Å². The van der Waals surface area contributed by atoms with Crippen LogP contribution in [0.4, 0.5) is 15.9 Å². The van der Waals surface area contributed by atoms with E-state index in [0.29, 0.717) is 28.2 Å². The van der Waals surface area contributed by atoms with Crippen LogP contribution in [0, 0.1) is 5.82 Å². The van der Waals surface area contributed by atoms with Gasteiger partial charge in [0.15, 0.2) is 23.4 Å². The molecule has 202 valence electrons. The van der Waals surface area contributed by atoms with E-state index in [1.165, 1.54) is 25.6 Å². The van der Waals surface area contributed by atoms with E-state index in [0.717, 1.165) is 7.11 Å². The van der Waals surface area contributed by atoms with Gasteiger partial charge in [-0.05, 0) is 25.2 Å². The molecule has 3 aromatic rings. The summed E-state index contributed by atoms with van der Waals surface area (Å²) in [6, 6.07) is 5.87. The van der Waals surface area contributed by atoms with Crippen molar-refractivity contribution in [1.29, 1.82) is 0 Å². The topological polar surface area (TPSA) is 135 Å². The zero-order chi connectivity index (χ0) is 28.1. The normalized spacial score (nSPS) is 18.5. The number of fused-ring (bicyclic) bond motifs is 1. The minimum atomic E-state index is -1.22. The minimum Gasteiger partial charge on any atom is -0.493 e. The number of aliphatic hydroxyl groups is 1. The van der Waals surface area contributed by atoms with Gasteiger partial charge in [-0.2, -0.15) is 0 Å². The van der Waals surface area contributed by atoms with E-state index >= 15 is 0 Å². The second-order valence-electron chi connectivity index (χ2n) is 8.50. The standard InChI is InChI=1S/C25H27ClFN5O6/c1-32-10-13(7-19(32)24(34)31-18(11-33)25(35)37-3)38-21-8-14-17(9-20(21)36-2)28-12-29-23(14)30-16-6-4-5-15(26)22(16)27/h4-6,8-9,12-13,18-19,33H,7,10-11H2,1-3H3,(H,31,34)(H,28,29,30)/t13-,18-,19-/m0/s1/i1D. The lowest BCUT2D eigenvalue weighted by molar-refractivity contribution is -0.146. The van der Waals surface area contributed by atoms with Gasteiger partial charge in [-0.3, -0.25) is 9.69 Å². The predicted octanol–water partition coefficient (Wildman–Crippen LogP) is 2.28. The summed E-state index contributed by atoms with van der Waals surface area (Å²) in [5.74, 6) is -0.933. The Kier molecular flexibility index (Phi) is 8.01. The number of nitrogens with one attached hydrogen (secondary N) is 2. The van der Waals surface area contributed by atoms with Crippen molar-refractivity contribution in [3.05, 3.63) is 47.5 Å². The van der Waals surface area contributed by atoms with Crippen LogP contribution < -0.4 is 20.1 Å². The fraction of sp³-hybridized carbons (Fsp3) is 0.360. The molecular weight excluding hydrogens is 521 g/mol. The van der Waals surface area contributed by atoms with Gasteiger partial charge in [0.1, 0.15) is 18.2 Å². The molecule has 1 fully saturated rings. The molecule has 2 heterocycles. The Hall–Kier alpha value is -3.74. The third kappa shape index (κ3) is 5.72. The highest BCUT2D eigenvalue weighted by atomic mass is 35.5. The Morgan fingerprint density at radius 1 is 1.32 bits per heavy atom. The number of likely N-dealkylation sites (N-methyl/N-ethyl adjacent to an activating group) is 1. The highest BCUT2D eigenvalue weighted by molar-refractivity contribution is 6.31. The van der Waals surface area contributed by atoms with Crippen LogP contribution in [0.3, 0.4) is 0 Å². The van der Waals surface area contributed by atoms with Crippen LogP contribution in [0.1, 0.15) is 7.79 Å². The third-order valence-electron chi connectivity index (χ3n) is 6.07. The number of ether oxygens (including phenoxy) is 3. The molecule has 1 aliphatic heterocycles. The Morgan fingerprint density at radius 2 is 2.13 bits per heavy atom. The number of aromatic nitrogens is 2. The summed E-state index contributed by atoms with van der Waals surface area (Å²) in [7, 11) is 2.43. The van der Waals surface area contributed by atoms with Gasteiger partial charge in [-0.25, -0.2) is 19.2 Å². The molecule has 38 heavy (non-hydrogen) atoms. The molecule has 4 rings (SSSR count). The van der Waals surface area contributed by atoms with Crippen LogP contribution in [0.2, 0.25) is 5.02 Å². The smallest absolute Gasteiger partial charge is 0.330 e. The summed E-state index contributed by atoms with van der Waals surface area (Å²) >= 11 is 5.91. The van der Waals surface area contributed by atoms with Gasteiger partial charge in [-0.1, -0.05) is 17.7 Å². The van der Waals surface area contributed by atoms with Gasteiger partial charge in [0.05, 0.1) is 43.1 Å². The van der Waals surface area contributed by atoms with Crippen molar-refractivity contribution < 1.29 is 34.7 Å². The average Bonchev–Trinajstić information content (AvgIpc) is 3.36. The summed E-state index contributed by atoms with van der Waals surface area (Å²) in [5.41, 5.74) is 0.637. The van der Waals surface area contributed by atoms with Crippen LogP contribution in [-0.2, 0) is 14.3 Å². The number of benzene rings is 2. The minimum absolute atomic E-state index is 0.0419. The van der Waals surface area contributed by atoms with E-state index < -0.39 is 42.5 Å². The number of hydrogen-bond donors (Lipinski definition) is 3. The first-order valence-electron chi connectivity index (χ1n) is 12.2. The van der Waals surface area contributed by atoms with Crippen molar-refractivity contribution in [3.8, 4) is 11.5 Å². The third-order valence-corrected chi connectivity index (χ3v) is 6.36. The SMILES string of the molecule is [2H]CN1C[C@@H](Oc2cc3c(Nc4cccc(Cl)c4F)ncnc3cc2OC)C[C@H]1C(=O)N[C@@H](CO)C(=O)OC. The molecule has 1 aliphatic rings. The summed E-state index contributed by atoms with van der Waals surface area (Å²) in [6.45, 7) is -0.382. The van der Waals surface area contributed by atoms with Gasteiger partial charge in [0, 0.05) is 25.8 Å². The van der Waals surface area contributed by atoms with Crippen molar-refractivity contribution in [2.45, 2.75) is 24.6 Å². The predicted molar refractivity (Wildman–Crippen MR) is 137 cm³/mol. The van der Waals surface area contributed by atoms with E-state index in [9.17, 15) is 19.1 Å². The van der Waals surface area contributed by atoms with Crippen LogP contribution in [0.5, 0.6) is 11.5 Å². The number of amides is 1. The molecule has 11 nitrogen and oxygen atoms in total. The number of anilines is 2. The van der Waals surface area contributed by atoms with E-state index in [1.54, 1.807) is 23.1 Å². The fourth-order valence-corrected chi connectivity index (χ4v) is 4.31. The maximum Gasteiger partial charge on any atom is 0.330 e. The van der Waals surface area contributed by atoms with Gasteiger partial charge in [0.25, 0.3) is 0 Å². The maximum absolute atomic E-state index is 14.5. The van der Waals surface area contributed by atoms with Crippen molar-refractivity contribution in [2.24, 2.45) is 0 Å². The highest BCUT2D eigenvalue weighted by Gasteiger charge is 2.37. The van der Waals surface area contributed by atoms with Gasteiger partial charge in [0.2, 0.25) is 5.91 Å². The largest absolute Gasteiger partial charge is 0.493 e. The van der Waals surface area contributed by atoms with E-state index in [4.69, 9.17) is 22.4 Å². The molecule has 0 radical (unpaired) electrons. The van der Waals surface area contributed by atoms with Gasteiger partial charge in [-0.15, -0.1) is 0 Å². The number of esters is 1. The molecule has 2 aromatic carbocycles. The van der Waals surface area contributed by atoms with E-state index in [-0.39, 0.29) is 30.7 Å². The van der Waals surface area contributed by atoms with Crippen molar-refractivity contribution in [2.75, 3.05) is 39.7 Å². The van der Waals surface area contributed by atoms with E-state index in [1.807, 2.05) is 0 Å². The molecule has 1 amide bonds. The molecule has 13 heteroatoms. The number of rotatable bonds is 9. The molecule has 0 aliphatic carbocycles. The lowest BCUT2D eigenvalue weighted by atomic mass is 10.1. The van der Waals surface area contributed by atoms with Gasteiger partial charge >= 0.3 is 5.97 Å². The molecule has 1 saturated heterocycles. The molecule has 0 spiro atoms. The molecule has 3 N–H and O–H groups in total. The maximum atomic E-state index is 14.5. The Balaban J connectivity index is 1.58. The van der Waals surface area contributed by atoms with Crippen LogP contribution >= 0.6 is 11.6 Å². The summed E-state index contributed by atoms with van der Waals surface area (Å²) in [6.07, 6.45) is 1.01. The molecule has 3 atom stereocenters. The Bertz CT molecular complexity index is 1370. The second-order valence-corrected chi connectivity index (χ2v) is 8.91. The first kappa shape index (κ1) is 25.9. The fourth-order valence-electron chi connectivity index (χ4n) is 4.13. The number of halogens is 2. The van der Waals surface area contributed by atoms with E-state index in [2.05, 4.69) is 25.3 Å². The molecule has 1 aromatic heterocycles. The first-order valence-corrected chi connectivity index (χ1v) is 11.9. The zero-order valence-corrected chi connectivity index (χ0v) is 21.4. The first-order chi connectivity index (χ1) is 18.8. The molecule has 0 saturated carbocycles. The zero-order valence-electron chi connectivity index (χ0n) is 21.6. The number of aliphatic hydroxyl groups excluding tert-OH is 1. The number of hydrogen-bond acceptors (Lipinski definition) is 10. The number of methoxy groups -OCH3 is 2. The highest BCUT2D eigenvalue weighted by Crippen LogP contribution is 2.37. The lowest BCUT2D eigenvalue weighted by Crippen LogP contribution is -2.50. The summed E-state index contributed by atoms with van der Waals surface area (Å²) < 4.78 is 38.7. The summed E-state index contributed by atoms with van der Waals surface area (Å²) in [4.78, 5) is 34.7. The number of carbonyl (C=O) groups excluding carboxylic acids is 2. The quantitative estimate of drug-likeness (QED) is 0.342. The number of nitrogens with zero attached hydrogens (tertiary/aromatic N) is 3. The molecule has 0 unspecified atom stereocenters. The Labute approximate surface area is 224 Å². The summed E-state index contributed by atoms with van der Waals surface area (Å²) in [5, 5.41) is 15.3.